The fourth-order valence-corrected chi connectivity index (χ4v) is 1.64. The van der Waals surface area contributed by atoms with E-state index in [0.717, 1.165) is 6.07 Å². The minimum atomic E-state index is -4.45. The predicted molar refractivity (Wildman–Crippen MR) is 74.1 cm³/mol. The Hall–Kier alpha value is -2.44. The van der Waals surface area contributed by atoms with Gasteiger partial charge in [0.1, 0.15) is 23.9 Å². The Labute approximate surface area is 119 Å². The quantitative estimate of drug-likeness (QED) is 0.657. The molecule has 2 rings (SSSR count). The normalized spacial score (nSPS) is 11.2. The summed E-state index contributed by atoms with van der Waals surface area (Å²) in [5.74, 6) is 0.759. The third-order valence-electron chi connectivity index (χ3n) is 2.57. The monoisotopic (exact) mass is 297 g/mol. The summed E-state index contributed by atoms with van der Waals surface area (Å²) in [6.45, 7) is 0.602. The zero-order chi connectivity index (χ0) is 15.3. The first-order valence-electron chi connectivity index (χ1n) is 6.21. The summed E-state index contributed by atoms with van der Waals surface area (Å²) in [5, 5.41) is 2.77. The molecular formula is C14H14F3N3O. The summed E-state index contributed by atoms with van der Waals surface area (Å²) >= 11 is 0. The van der Waals surface area contributed by atoms with Crippen molar-refractivity contribution in [2.45, 2.75) is 6.18 Å². The second-order valence-corrected chi connectivity index (χ2v) is 4.25. The molecule has 0 radical (unpaired) electrons. The van der Waals surface area contributed by atoms with Crippen LogP contribution in [-0.4, -0.2) is 18.1 Å². The Bertz CT molecular complexity index is 602. The number of pyridine rings is 1. The van der Waals surface area contributed by atoms with Gasteiger partial charge < -0.3 is 15.8 Å². The maximum Gasteiger partial charge on any atom is 0.433 e. The van der Waals surface area contributed by atoms with E-state index < -0.39 is 11.9 Å². The molecule has 0 saturated heterocycles. The number of aromatic nitrogens is 1. The molecule has 0 fully saturated rings. The molecule has 0 unspecified atom stereocenters. The number of anilines is 2. The van der Waals surface area contributed by atoms with Crippen molar-refractivity contribution in [1.82, 2.24) is 4.98 Å². The van der Waals surface area contributed by atoms with Crippen LogP contribution < -0.4 is 15.8 Å². The van der Waals surface area contributed by atoms with E-state index in [2.05, 4.69) is 10.3 Å². The maximum absolute atomic E-state index is 12.5. The number of hydrogen-bond donors (Lipinski definition) is 2. The molecule has 4 nitrogen and oxygen atoms in total. The largest absolute Gasteiger partial charge is 0.492 e. The van der Waals surface area contributed by atoms with E-state index in [1.807, 2.05) is 0 Å². The smallest absolute Gasteiger partial charge is 0.433 e. The molecule has 0 aliphatic rings. The Kier molecular flexibility index (Phi) is 4.52. The second-order valence-electron chi connectivity index (χ2n) is 4.25. The van der Waals surface area contributed by atoms with Crippen molar-refractivity contribution in [2.24, 2.45) is 0 Å². The molecule has 0 amide bonds. The Morgan fingerprint density at radius 2 is 1.90 bits per heavy atom. The SMILES string of the molecule is Nc1cccc(OCCNc2cccc(C(F)(F)F)n2)c1. The van der Waals surface area contributed by atoms with Crippen LogP contribution in [0, 0.1) is 0 Å². The lowest BCUT2D eigenvalue weighted by Gasteiger charge is -2.10. The number of benzene rings is 1. The van der Waals surface area contributed by atoms with Gasteiger partial charge >= 0.3 is 6.18 Å². The Morgan fingerprint density at radius 1 is 1.14 bits per heavy atom. The van der Waals surface area contributed by atoms with Gasteiger partial charge in [0.05, 0.1) is 6.54 Å². The molecule has 21 heavy (non-hydrogen) atoms. The van der Waals surface area contributed by atoms with Crippen LogP contribution in [0.4, 0.5) is 24.7 Å². The number of nitrogens with two attached hydrogens (primary N) is 1. The summed E-state index contributed by atoms with van der Waals surface area (Å²) in [6.07, 6.45) is -4.45. The molecule has 2 aromatic rings. The van der Waals surface area contributed by atoms with E-state index in [9.17, 15) is 13.2 Å². The number of ether oxygens (including phenoxy) is 1. The minimum Gasteiger partial charge on any atom is -0.492 e. The Morgan fingerprint density at radius 3 is 2.62 bits per heavy atom. The summed E-state index contributed by atoms with van der Waals surface area (Å²) in [4.78, 5) is 3.49. The number of nitrogens with one attached hydrogen (secondary N) is 1. The van der Waals surface area contributed by atoms with Crippen molar-refractivity contribution in [3.8, 4) is 5.75 Å². The van der Waals surface area contributed by atoms with E-state index >= 15 is 0 Å². The molecule has 0 bridgehead atoms. The first kappa shape index (κ1) is 15.0. The molecule has 0 atom stereocenters. The molecular weight excluding hydrogens is 283 g/mol. The van der Waals surface area contributed by atoms with Crippen LogP contribution in [0.5, 0.6) is 5.75 Å². The van der Waals surface area contributed by atoms with Gasteiger partial charge in [-0.2, -0.15) is 13.2 Å². The maximum atomic E-state index is 12.5. The molecule has 112 valence electrons. The highest BCUT2D eigenvalue weighted by Crippen LogP contribution is 2.28. The van der Waals surface area contributed by atoms with Crippen LogP contribution in [0.2, 0.25) is 0 Å². The van der Waals surface area contributed by atoms with E-state index in [1.54, 1.807) is 24.3 Å². The van der Waals surface area contributed by atoms with Crippen LogP contribution in [0.1, 0.15) is 5.69 Å². The second kappa shape index (κ2) is 6.34. The lowest BCUT2D eigenvalue weighted by molar-refractivity contribution is -0.141. The van der Waals surface area contributed by atoms with Gasteiger partial charge in [-0.1, -0.05) is 12.1 Å². The lowest BCUT2D eigenvalue weighted by Crippen LogP contribution is -2.14. The average Bonchev–Trinajstić information content (AvgIpc) is 2.43. The minimum absolute atomic E-state index is 0.154. The third kappa shape index (κ3) is 4.55. The van der Waals surface area contributed by atoms with Gasteiger partial charge in [-0.25, -0.2) is 4.98 Å². The van der Waals surface area contributed by atoms with E-state index in [1.165, 1.54) is 12.1 Å². The van der Waals surface area contributed by atoms with Gasteiger partial charge in [-0.3, -0.25) is 0 Å². The highest BCUT2D eigenvalue weighted by molar-refractivity contribution is 5.43. The lowest BCUT2D eigenvalue weighted by atomic mass is 10.3. The van der Waals surface area contributed by atoms with Crippen molar-refractivity contribution in [3.05, 3.63) is 48.2 Å². The fourth-order valence-electron chi connectivity index (χ4n) is 1.64. The summed E-state index contributed by atoms with van der Waals surface area (Å²) in [5.41, 5.74) is 5.26. The van der Waals surface area contributed by atoms with Crippen LogP contribution in [0.15, 0.2) is 42.5 Å². The van der Waals surface area contributed by atoms with E-state index in [4.69, 9.17) is 10.5 Å². The third-order valence-corrected chi connectivity index (χ3v) is 2.57. The predicted octanol–water partition coefficient (Wildman–Crippen LogP) is 3.17. The van der Waals surface area contributed by atoms with Gasteiger partial charge in [0.25, 0.3) is 0 Å². The summed E-state index contributed by atoms with van der Waals surface area (Å²) < 4.78 is 42.9. The van der Waals surface area contributed by atoms with Crippen molar-refractivity contribution < 1.29 is 17.9 Å². The molecule has 0 aliphatic carbocycles. The van der Waals surface area contributed by atoms with Crippen molar-refractivity contribution in [1.29, 1.82) is 0 Å². The van der Waals surface area contributed by atoms with E-state index in [-0.39, 0.29) is 12.4 Å². The standard InChI is InChI=1S/C14H14F3N3O/c15-14(16,17)12-5-2-6-13(20-12)19-7-8-21-11-4-1-3-10(18)9-11/h1-6,9H,7-8,18H2,(H,19,20). The molecule has 0 saturated carbocycles. The van der Waals surface area contributed by atoms with Crippen LogP contribution in [0.3, 0.4) is 0 Å². The number of nitrogen functional groups attached to an aromatic ring is 1. The van der Waals surface area contributed by atoms with Crippen molar-refractivity contribution >= 4 is 11.5 Å². The number of rotatable bonds is 5. The summed E-state index contributed by atoms with van der Waals surface area (Å²) in [7, 11) is 0. The van der Waals surface area contributed by atoms with Gasteiger partial charge in [0.15, 0.2) is 0 Å². The summed E-state index contributed by atoms with van der Waals surface area (Å²) in [6, 6.07) is 10.6. The number of nitrogens with zero attached hydrogens (tertiary/aromatic N) is 1. The number of halogens is 3. The van der Waals surface area contributed by atoms with Gasteiger partial charge in [0.2, 0.25) is 0 Å². The van der Waals surface area contributed by atoms with Crippen molar-refractivity contribution in [2.75, 3.05) is 24.2 Å². The van der Waals surface area contributed by atoms with Crippen LogP contribution in [0.25, 0.3) is 0 Å². The molecule has 1 aromatic carbocycles. The molecule has 0 spiro atoms. The Balaban J connectivity index is 1.84. The zero-order valence-electron chi connectivity index (χ0n) is 11.0. The first-order valence-corrected chi connectivity index (χ1v) is 6.21. The van der Waals surface area contributed by atoms with Crippen molar-refractivity contribution in [3.63, 3.8) is 0 Å². The molecule has 1 heterocycles. The highest BCUT2D eigenvalue weighted by atomic mass is 19.4. The van der Waals surface area contributed by atoms with Crippen LogP contribution >= 0.6 is 0 Å². The average molecular weight is 297 g/mol. The van der Waals surface area contributed by atoms with Gasteiger partial charge in [-0.05, 0) is 24.3 Å². The van der Waals surface area contributed by atoms with Gasteiger partial charge in [0, 0.05) is 11.8 Å². The molecule has 3 N–H and O–H groups in total. The van der Waals surface area contributed by atoms with E-state index in [0.29, 0.717) is 18.0 Å². The zero-order valence-corrected chi connectivity index (χ0v) is 11.0. The highest BCUT2D eigenvalue weighted by Gasteiger charge is 2.32. The topological polar surface area (TPSA) is 60.2 Å². The fraction of sp³-hybridized carbons (Fsp3) is 0.214. The van der Waals surface area contributed by atoms with Gasteiger partial charge in [-0.15, -0.1) is 0 Å². The molecule has 1 aromatic heterocycles. The first-order chi connectivity index (χ1) is 9.95. The molecule has 0 aliphatic heterocycles. The molecule has 7 heteroatoms. The van der Waals surface area contributed by atoms with Crippen LogP contribution in [-0.2, 0) is 6.18 Å². The number of hydrogen-bond acceptors (Lipinski definition) is 4. The number of alkyl halides is 3.